The topological polar surface area (TPSA) is 62.6 Å². The van der Waals surface area contributed by atoms with E-state index in [-0.39, 0.29) is 0 Å². The van der Waals surface area contributed by atoms with E-state index in [9.17, 15) is 4.79 Å². The summed E-state index contributed by atoms with van der Waals surface area (Å²) in [6, 6.07) is 5.41. The van der Waals surface area contributed by atoms with E-state index in [1.165, 1.54) is 0 Å². The summed E-state index contributed by atoms with van der Waals surface area (Å²) in [5, 5.41) is 0. The predicted octanol–water partition coefficient (Wildman–Crippen LogP) is 2.54. The number of ether oxygens (including phenoxy) is 3. The summed E-state index contributed by atoms with van der Waals surface area (Å²) in [4.78, 5) is 16.5. The number of esters is 1. The number of hydrogen-bond acceptors (Lipinski definition) is 5. The Morgan fingerprint density at radius 1 is 1.26 bits per heavy atom. The van der Waals surface area contributed by atoms with Crippen LogP contribution in [0.1, 0.15) is 18.3 Å². The lowest BCUT2D eigenvalue weighted by Crippen LogP contribution is -2.10. The SMILES string of the molecule is CCOC(=O)/C(=C\c1ccc(OC)c(OC)c1)c1nccn1C. The van der Waals surface area contributed by atoms with Crippen molar-refractivity contribution in [3.05, 3.63) is 42.0 Å². The Morgan fingerprint density at radius 3 is 2.57 bits per heavy atom. The van der Waals surface area contributed by atoms with Crippen molar-refractivity contribution in [2.45, 2.75) is 6.92 Å². The van der Waals surface area contributed by atoms with Gasteiger partial charge in [0, 0.05) is 19.4 Å². The molecule has 0 aliphatic heterocycles. The molecule has 1 aromatic carbocycles. The van der Waals surface area contributed by atoms with Gasteiger partial charge >= 0.3 is 5.97 Å². The van der Waals surface area contributed by atoms with Gasteiger partial charge in [0.15, 0.2) is 11.5 Å². The van der Waals surface area contributed by atoms with Crippen LogP contribution in [0, 0.1) is 0 Å². The molecule has 0 spiro atoms. The lowest BCUT2D eigenvalue weighted by Gasteiger charge is -2.10. The molecule has 0 fully saturated rings. The second kappa shape index (κ2) is 7.49. The summed E-state index contributed by atoms with van der Waals surface area (Å²) in [6.07, 6.45) is 5.14. The van der Waals surface area contributed by atoms with Crippen molar-refractivity contribution in [3.63, 3.8) is 0 Å². The third-order valence-electron chi connectivity index (χ3n) is 3.28. The molecule has 0 aliphatic carbocycles. The first-order valence-corrected chi connectivity index (χ1v) is 7.19. The summed E-state index contributed by atoms with van der Waals surface area (Å²) in [7, 11) is 4.96. The van der Waals surface area contributed by atoms with Crippen molar-refractivity contribution in [2.24, 2.45) is 7.05 Å². The molecule has 0 radical (unpaired) electrons. The van der Waals surface area contributed by atoms with Gasteiger partial charge in [-0.3, -0.25) is 0 Å². The Kier molecular flexibility index (Phi) is 5.41. The van der Waals surface area contributed by atoms with E-state index in [4.69, 9.17) is 14.2 Å². The molecule has 1 heterocycles. The third-order valence-corrected chi connectivity index (χ3v) is 3.28. The first-order chi connectivity index (χ1) is 11.1. The average molecular weight is 316 g/mol. The minimum atomic E-state index is -0.420. The Labute approximate surface area is 135 Å². The number of aryl methyl sites for hydroxylation is 1. The van der Waals surface area contributed by atoms with Gasteiger partial charge in [-0.2, -0.15) is 0 Å². The second-order valence-electron chi connectivity index (χ2n) is 4.75. The number of aromatic nitrogens is 2. The molecule has 6 nitrogen and oxygen atoms in total. The molecule has 122 valence electrons. The molecular weight excluding hydrogens is 296 g/mol. The van der Waals surface area contributed by atoms with Crippen molar-refractivity contribution in [3.8, 4) is 11.5 Å². The molecule has 6 heteroatoms. The van der Waals surface area contributed by atoms with Gasteiger partial charge in [0.1, 0.15) is 11.4 Å². The quantitative estimate of drug-likeness (QED) is 0.605. The van der Waals surface area contributed by atoms with E-state index in [0.717, 1.165) is 5.56 Å². The smallest absolute Gasteiger partial charge is 0.341 e. The molecular formula is C17H20N2O4. The number of hydrogen-bond donors (Lipinski definition) is 0. The van der Waals surface area contributed by atoms with Crippen LogP contribution >= 0.6 is 0 Å². The highest BCUT2D eigenvalue weighted by Crippen LogP contribution is 2.29. The molecule has 0 amide bonds. The Hall–Kier alpha value is -2.76. The van der Waals surface area contributed by atoms with E-state index >= 15 is 0 Å². The normalized spacial score (nSPS) is 11.2. The van der Waals surface area contributed by atoms with Crippen LogP contribution in [0.5, 0.6) is 11.5 Å². The van der Waals surface area contributed by atoms with E-state index < -0.39 is 5.97 Å². The van der Waals surface area contributed by atoms with Gasteiger partial charge < -0.3 is 18.8 Å². The van der Waals surface area contributed by atoms with E-state index in [2.05, 4.69) is 4.98 Å². The van der Waals surface area contributed by atoms with Crippen LogP contribution in [0.4, 0.5) is 0 Å². The molecule has 23 heavy (non-hydrogen) atoms. The van der Waals surface area contributed by atoms with Crippen molar-refractivity contribution >= 4 is 17.6 Å². The van der Waals surface area contributed by atoms with Crippen LogP contribution in [-0.2, 0) is 16.6 Å². The predicted molar refractivity (Wildman–Crippen MR) is 87.3 cm³/mol. The summed E-state index contributed by atoms with van der Waals surface area (Å²) >= 11 is 0. The third kappa shape index (κ3) is 3.71. The van der Waals surface area contributed by atoms with Crippen molar-refractivity contribution in [2.75, 3.05) is 20.8 Å². The van der Waals surface area contributed by atoms with Crippen molar-refractivity contribution < 1.29 is 19.0 Å². The van der Waals surface area contributed by atoms with Gasteiger partial charge in [0.05, 0.1) is 20.8 Å². The standard InChI is InChI=1S/C17H20N2O4/c1-5-23-17(20)13(16-18-8-9-19(16)2)10-12-6-7-14(21-3)15(11-12)22-4/h6-11H,5H2,1-4H3/b13-10-. The van der Waals surface area contributed by atoms with Crippen LogP contribution in [-0.4, -0.2) is 36.3 Å². The van der Waals surface area contributed by atoms with Gasteiger partial charge in [0.25, 0.3) is 0 Å². The molecule has 2 rings (SSSR count). The number of carbonyl (C=O) groups excluding carboxylic acids is 1. The summed E-state index contributed by atoms with van der Waals surface area (Å²) < 4.78 is 17.4. The van der Waals surface area contributed by atoms with E-state index in [1.807, 2.05) is 13.1 Å². The van der Waals surface area contributed by atoms with Gasteiger partial charge in [-0.25, -0.2) is 9.78 Å². The Bertz CT molecular complexity index is 719. The van der Waals surface area contributed by atoms with Crippen LogP contribution < -0.4 is 9.47 Å². The summed E-state index contributed by atoms with van der Waals surface area (Å²) in [5.74, 6) is 1.33. The lowest BCUT2D eigenvalue weighted by molar-refractivity contribution is -0.136. The number of imidazole rings is 1. The zero-order chi connectivity index (χ0) is 16.8. The average Bonchev–Trinajstić information content (AvgIpc) is 2.98. The van der Waals surface area contributed by atoms with E-state index in [0.29, 0.717) is 29.5 Å². The number of rotatable bonds is 6. The van der Waals surface area contributed by atoms with Crippen molar-refractivity contribution in [1.29, 1.82) is 0 Å². The van der Waals surface area contributed by atoms with Crippen LogP contribution in [0.2, 0.25) is 0 Å². The Balaban J connectivity index is 2.49. The summed E-state index contributed by atoms with van der Waals surface area (Å²) in [5.41, 5.74) is 1.17. The fourth-order valence-corrected chi connectivity index (χ4v) is 2.16. The van der Waals surface area contributed by atoms with Crippen LogP contribution in [0.3, 0.4) is 0 Å². The molecule has 0 atom stereocenters. The second-order valence-corrected chi connectivity index (χ2v) is 4.75. The molecule has 0 N–H and O–H groups in total. The highest BCUT2D eigenvalue weighted by molar-refractivity contribution is 6.20. The molecule has 2 aromatic rings. The zero-order valence-electron chi connectivity index (χ0n) is 13.7. The monoisotopic (exact) mass is 316 g/mol. The number of benzene rings is 1. The maximum absolute atomic E-state index is 12.3. The van der Waals surface area contributed by atoms with Crippen LogP contribution in [0.25, 0.3) is 11.6 Å². The number of carbonyl (C=O) groups is 1. The minimum Gasteiger partial charge on any atom is -0.493 e. The highest BCUT2D eigenvalue weighted by atomic mass is 16.5. The minimum absolute atomic E-state index is 0.298. The highest BCUT2D eigenvalue weighted by Gasteiger charge is 2.18. The molecule has 0 aliphatic rings. The summed E-state index contributed by atoms with van der Waals surface area (Å²) in [6.45, 7) is 2.07. The maximum atomic E-state index is 12.3. The fourth-order valence-electron chi connectivity index (χ4n) is 2.16. The Morgan fingerprint density at radius 2 is 2.00 bits per heavy atom. The number of methoxy groups -OCH3 is 2. The van der Waals surface area contributed by atoms with Gasteiger partial charge in [-0.15, -0.1) is 0 Å². The fraction of sp³-hybridized carbons (Fsp3) is 0.294. The van der Waals surface area contributed by atoms with Gasteiger partial charge in [-0.1, -0.05) is 6.07 Å². The molecule has 0 unspecified atom stereocenters. The first kappa shape index (κ1) is 16.6. The first-order valence-electron chi connectivity index (χ1n) is 7.19. The van der Waals surface area contributed by atoms with Crippen LogP contribution in [0.15, 0.2) is 30.6 Å². The van der Waals surface area contributed by atoms with Gasteiger partial charge in [-0.05, 0) is 30.7 Å². The lowest BCUT2D eigenvalue weighted by atomic mass is 10.1. The molecule has 0 saturated carbocycles. The van der Waals surface area contributed by atoms with Gasteiger partial charge in [0.2, 0.25) is 0 Å². The maximum Gasteiger partial charge on any atom is 0.341 e. The largest absolute Gasteiger partial charge is 0.493 e. The zero-order valence-corrected chi connectivity index (χ0v) is 13.7. The van der Waals surface area contributed by atoms with Crippen molar-refractivity contribution in [1.82, 2.24) is 9.55 Å². The molecule has 1 aromatic heterocycles. The van der Waals surface area contributed by atoms with E-state index in [1.54, 1.807) is 56.3 Å². The molecule has 0 bridgehead atoms. The number of nitrogens with zero attached hydrogens (tertiary/aromatic N) is 2. The molecule has 0 saturated heterocycles.